The predicted molar refractivity (Wildman–Crippen MR) is 66.3 cm³/mol. The van der Waals surface area contributed by atoms with Crippen LogP contribution in [0.5, 0.6) is 0 Å². The molecule has 0 atom stereocenters. The van der Waals surface area contributed by atoms with E-state index in [1.165, 1.54) is 0 Å². The summed E-state index contributed by atoms with van der Waals surface area (Å²) >= 11 is 0. The molecule has 0 bridgehead atoms. The number of hydrogen-bond acceptors (Lipinski definition) is 6. The van der Waals surface area contributed by atoms with Crippen molar-refractivity contribution in [2.75, 3.05) is 26.3 Å². The van der Waals surface area contributed by atoms with Gasteiger partial charge in [-0.1, -0.05) is 26.7 Å². The largest absolute Gasteiger partial charge is 0.464 e. The van der Waals surface area contributed by atoms with Crippen LogP contribution in [-0.4, -0.2) is 38.2 Å². The smallest absolute Gasteiger partial charge is 0.329 e. The van der Waals surface area contributed by atoms with E-state index in [1.54, 1.807) is 0 Å². The Kier molecular flexibility index (Phi) is 11.0. The van der Waals surface area contributed by atoms with Gasteiger partial charge >= 0.3 is 11.9 Å². The van der Waals surface area contributed by atoms with Crippen molar-refractivity contribution < 1.29 is 19.1 Å². The molecule has 0 aromatic carbocycles. The minimum absolute atomic E-state index is 0.147. The Morgan fingerprint density at radius 2 is 1.22 bits per heavy atom. The van der Waals surface area contributed by atoms with Gasteiger partial charge in [-0.25, -0.2) is 9.59 Å². The lowest BCUT2D eigenvalue weighted by Gasteiger charge is -2.01. The number of azo groups is 1. The lowest BCUT2D eigenvalue weighted by molar-refractivity contribution is -0.143. The van der Waals surface area contributed by atoms with Gasteiger partial charge in [-0.05, 0) is 12.8 Å². The molecule has 0 heterocycles. The number of nitrogens with zero attached hydrogens (tertiary/aromatic N) is 2. The number of unbranched alkanes of at least 4 members (excludes halogenated alkanes) is 2. The molecule has 0 fully saturated rings. The quantitative estimate of drug-likeness (QED) is 0.341. The molecule has 0 rings (SSSR count). The molecular weight excluding hydrogens is 236 g/mol. The summed E-state index contributed by atoms with van der Waals surface area (Å²) in [6.07, 6.45) is 3.62. The second-order valence-corrected chi connectivity index (χ2v) is 3.75. The zero-order valence-corrected chi connectivity index (χ0v) is 11.2. The molecule has 6 heteroatoms. The third kappa shape index (κ3) is 11.0. The fourth-order valence-corrected chi connectivity index (χ4v) is 0.967. The standard InChI is InChI=1S/C12H22N2O4/c1-3-5-7-17-11(15)9-13-14-10-12(16)18-8-6-4-2/h3-10H2,1-2H3. The predicted octanol–water partition coefficient (Wildman–Crippen LogP) is 2.13. The molecule has 0 saturated heterocycles. The summed E-state index contributed by atoms with van der Waals surface area (Å²) in [5, 5.41) is 7.14. The maximum atomic E-state index is 11.1. The van der Waals surface area contributed by atoms with Gasteiger partial charge in [0.2, 0.25) is 0 Å². The van der Waals surface area contributed by atoms with Gasteiger partial charge in [0, 0.05) is 0 Å². The van der Waals surface area contributed by atoms with Gasteiger partial charge in [0.25, 0.3) is 0 Å². The Balaban J connectivity index is 3.51. The van der Waals surface area contributed by atoms with Crippen molar-refractivity contribution >= 4 is 11.9 Å². The second-order valence-electron chi connectivity index (χ2n) is 3.75. The van der Waals surface area contributed by atoms with Crippen LogP contribution in [0.2, 0.25) is 0 Å². The van der Waals surface area contributed by atoms with E-state index in [-0.39, 0.29) is 13.1 Å². The Hall–Kier alpha value is -1.46. The van der Waals surface area contributed by atoms with Crippen molar-refractivity contribution in [1.82, 2.24) is 0 Å². The number of hydrogen-bond donors (Lipinski definition) is 0. The second kappa shape index (κ2) is 12.0. The van der Waals surface area contributed by atoms with Crippen molar-refractivity contribution in [1.29, 1.82) is 0 Å². The molecule has 0 aromatic rings. The maximum absolute atomic E-state index is 11.1. The zero-order valence-electron chi connectivity index (χ0n) is 11.2. The van der Waals surface area contributed by atoms with Crippen LogP contribution in [-0.2, 0) is 19.1 Å². The molecule has 0 amide bonds. The summed E-state index contributed by atoms with van der Waals surface area (Å²) < 4.78 is 9.72. The monoisotopic (exact) mass is 258 g/mol. The molecule has 0 radical (unpaired) electrons. The minimum atomic E-state index is -0.424. The lowest BCUT2D eigenvalue weighted by atomic mass is 10.4. The van der Waals surface area contributed by atoms with Crippen molar-refractivity contribution in [3.8, 4) is 0 Å². The van der Waals surface area contributed by atoms with Crippen LogP contribution in [0.3, 0.4) is 0 Å². The highest BCUT2D eigenvalue weighted by atomic mass is 16.5. The Morgan fingerprint density at radius 1 is 0.833 bits per heavy atom. The summed E-state index contributed by atoms with van der Waals surface area (Å²) in [6, 6.07) is 0. The van der Waals surface area contributed by atoms with Crippen LogP contribution in [0, 0.1) is 0 Å². The lowest BCUT2D eigenvalue weighted by Crippen LogP contribution is -2.10. The highest BCUT2D eigenvalue weighted by molar-refractivity contribution is 5.72. The highest BCUT2D eigenvalue weighted by Gasteiger charge is 2.02. The Labute approximate surface area is 108 Å². The van der Waals surface area contributed by atoms with Crippen molar-refractivity contribution in [2.24, 2.45) is 10.2 Å². The van der Waals surface area contributed by atoms with Crippen molar-refractivity contribution in [3.05, 3.63) is 0 Å². The van der Waals surface area contributed by atoms with E-state index in [2.05, 4.69) is 10.2 Å². The first-order chi connectivity index (χ1) is 8.70. The van der Waals surface area contributed by atoms with Gasteiger partial charge in [-0.2, -0.15) is 10.2 Å². The molecule has 6 nitrogen and oxygen atoms in total. The van der Waals surface area contributed by atoms with Crippen LogP contribution in [0.25, 0.3) is 0 Å². The van der Waals surface area contributed by atoms with Crippen LogP contribution >= 0.6 is 0 Å². The summed E-state index contributed by atoms with van der Waals surface area (Å²) in [4.78, 5) is 22.2. The average molecular weight is 258 g/mol. The fraction of sp³-hybridized carbons (Fsp3) is 0.833. The van der Waals surface area contributed by atoms with E-state index in [9.17, 15) is 9.59 Å². The number of carbonyl (C=O) groups excluding carboxylic acids is 2. The SMILES string of the molecule is CCCCOC(=O)CN=NCC(=O)OCCCC. The topological polar surface area (TPSA) is 77.3 Å². The molecule has 0 saturated carbocycles. The van der Waals surface area contributed by atoms with E-state index in [0.717, 1.165) is 25.7 Å². The molecule has 0 aliphatic heterocycles. The van der Waals surface area contributed by atoms with E-state index in [1.807, 2.05) is 13.8 Å². The van der Waals surface area contributed by atoms with E-state index < -0.39 is 11.9 Å². The number of esters is 2. The molecule has 0 aliphatic rings. The molecule has 18 heavy (non-hydrogen) atoms. The van der Waals surface area contributed by atoms with Gasteiger partial charge < -0.3 is 9.47 Å². The zero-order chi connectivity index (χ0) is 13.6. The van der Waals surface area contributed by atoms with Gasteiger partial charge in [-0.3, -0.25) is 0 Å². The maximum Gasteiger partial charge on any atom is 0.329 e. The third-order valence-electron chi connectivity index (χ3n) is 2.02. The van der Waals surface area contributed by atoms with E-state index >= 15 is 0 Å². The molecular formula is C12H22N2O4. The summed E-state index contributed by atoms with van der Waals surface area (Å²) in [7, 11) is 0. The first kappa shape index (κ1) is 16.5. The van der Waals surface area contributed by atoms with Crippen molar-refractivity contribution in [3.63, 3.8) is 0 Å². The molecule has 0 aromatic heterocycles. The molecule has 0 N–H and O–H groups in total. The molecule has 104 valence electrons. The van der Waals surface area contributed by atoms with Crippen LogP contribution < -0.4 is 0 Å². The number of rotatable bonds is 10. The number of ether oxygens (including phenoxy) is 2. The summed E-state index contributed by atoms with van der Waals surface area (Å²) in [5.41, 5.74) is 0. The highest BCUT2D eigenvalue weighted by Crippen LogP contribution is 1.91. The minimum Gasteiger partial charge on any atom is -0.464 e. The normalized spacial score (nSPS) is 10.6. The number of carbonyl (C=O) groups is 2. The first-order valence-corrected chi connectivity index (χ1v) is 6.35. The average Bonchev–Trinajstić information content (AvgIpc) is 2.35. The van der Waals surface area contributed by atoms with Crippen molar-refractivity contribution in [2.45, 2.75) is 39.5 Å². The molecule has 0 spiro atoms. The van der Waals surface area contributed by atoms with Gasteiger partial charge in [-0.15, -0.1) is 0 Å². The van der Waals surface area contributed by atoms with E-state index in [4.69, 9.17) is 9.47 Å². The van der Waals surface area contributed by atoms with Gasteiger partial charge in [0.1, 0.15) is 0 Å². The summed E-state index contributed by atoms with van der Waals surface area (Å²) in [6.45, 7) is 4.54. The van der Waals surface area contributed by atoms with E-state index in [0.29, 0.717) is 13.2 Å². The summed E-state index contributed by atoms with van der Waals surface area (Å²) in [5.74, 6) is -0.849. The first-order valence-electron chi connectivity index (χ1n) is 6.35. The Morgan fingerprint density at radius 3 is 1.56 bits per heavy atom. The fourth-order valence-electron chi connectivity index (χ4n) is 0.967. The van der Waals surface area contributed by atoms with Crippen LogP contribution in [0.4, 0.5) is 0 Å². The molecule has 0 aliphatic carbocycles. The van der Waals surface area contributed by atoms with Gasteiger partial charge in [0.15, 0.2) is 13.1 Å². The Bertz CT molecular complexity index is 241. The third-order valence-corrected chi connectivity index (χ3v) is 2.02. The van der Waals surface area contributed by atoms with Gasteiger partial charge in [0.05, 0.1) is 13.2 Å². The van der Waals surface area contributed by atoms with Crippen LogP contribution in [0.1, 0.15) is 39.5 Å². The molecule has 0 unspecified atom stereocenters. The van der Waals surface area contributed by atoms with Crippen LogP contribution in [0.15, 0.2) is 10.2 Å².